The Labute approximate surface area is 111 Å². The summed E-state index contributed by atoms with van der Waals surface area (Å²) >= 11 is 0. The third kappa shape index (κ3) is 6.45. The topological polar surface area (TPSA) is 18.5 Å². The third-order valence-corrected chi connectivity index (χ3v) is 2.73. The van der Waals surface area contributed by atoms with E-state index < -0.39 is 0 Å². The van der Waals surface area contributed by atoms with Crippen LogP contribution >= 0.6 is 0 Å². The lowest BCUT2D eigenvalue weighted by Gasteiger charge is -2.07. The molecule has 1 rings (SSSR count). The van der Waals surface area contributed by atoms with Gasteiger partial charge in [0, 0.05) is 6.61 Å². The molecule has 2 heteroatoms. The van der Waals surface area contributed by atoms with Crippen LogP contribution in [0.2, 0.25) is 0 Å². The van der Waals surface area contributed by atoms with Gasteiger partial charge in [0.1, 0.15) is 12.4 Å². The molecule has 0 bridgehead atoms. The number of hydrogen-bond donors (Lipinski definition) is 0. The quantitative estimate of drug-likeness (QED) is 0.575. The van der Waals surface area contributed by atoms with Gasteiger partial charge in [-0.3, -0.25) is 0 Å². The number of hydrogen-bond acceptors (Lipinski definition) is 2. The van der Waals surface area contributed by atoms with Crippen LogP contribution in [0, 0.1) is 0 Å². The summed E-state index contributed by atoms with van der Waals surface area (Å²) in [5.74, 6) is 0.877. The summed E-state index contributed by atoms with van der Waals surface area (Å²) in [6, 6.07) is 7.91. The van der Waals surface area contributed by atoms with E-state index >= 15 is 0 Å². The molecule has 0 aliphatic carbocycles. The van der Waals surface area contributed by atoms with E-state index in [9.17, 15) is 0 Å². The fourth-order valence-corrected chi connectivity index (χ4v) is 1.68. The van der Waals surface area contributed by atoms with Gasteiger partial charge in [0.05, 0.1) is 6.61 Å². The van der Waals surface area contributed by atoms with Crippen LogP contribution in [0.3, 0.4) is 0 Å². The van der Waals surface area contributed by atoms with E-state index in [1.807, 2.05) is 30.3 Å². The van der Waals surface area contributed by atoms with Gasteiger partial charge in [-0.05, 0) is 24.1 Å². The lowest BCUT2D eigenvalue weighted by Crippen LogP contribution is -2.07. The maximum absolute atomic E-state index is 5.60. The molecule has 0 aliphatic heterocycles. The summed E-state index contributed by atoms with van der Waals surface area (Å²) in [5.41, 5.74) is 1.08. The molecule has 18 heavy (non-hydrogen) atoms. The summed E-state index contributed by atoms with van der Waals surface area (Å²) in [6.07, 6.45) is 6.80. The molecule has 0 N–H and O–H groups in total. The highest BCUT2D eigenvalue weighted by Crippen LogP contribution is 2.13. The van der Waals surface area contributed by atoms with Gasteiger partial charge >= 0.3 is 0 Å². The summed E-state index contributed by atoms with van der Waals surface area (Å²) in [7, 11) is 0. The fourth-order valence-electron chi connectivity index (χ4n) is 1.68. The highest BCUT2D eigenvalue weighted by Gasteiger charge is 1.95. The lowest BCUT2D eigenvalue weighted by molar-refractivity contribution is 0.0971. The molecule has 100 valence electrons. The predicted molar refractivity (Wildman–Crippen MR) is 77.0 cm³/mol. The minimum Gasteiger partial charge on any atom is -0.491 e. The van der Waals surface area contributed by atoms with Crippen molar-refractivity contribution in [2.75, 3.05) is 19.8 Å². The number of benzene rings is 1. The van der Waals surface area contributed by atoms with Crippen LogP contribution in [0.1, 0.15) is 38.2 Å². The first-order chi connectivity index (χ1) is 8.86. The Morgan fingerprint density at radius 3 is 2.78 bits per heavy atom. The molecule has 0 heterocycles. The molecule has 0 amide bonds. The molecule has 0 atom stereocenters. The van der Waals surface area contributed by atoms with Crippen molar-refractivity contribution in [3.05, 3.63) is 36.4 Å². The van der Waals surface area contributed by atoms with Crippen LogP contribution in [0.4, 0.5) is 0 Å². The Bertz CT molecular complexity index is 334. The van der Waals surface area contributed by atoms with Gasteiger partial charge in [-0.1, -0.05) is 51.0 Å². The minimum absolute atomic E-state index is 0.606. The van der Waals surface area contributed by atoms with Crippen molar-refractivity contribution in [3.63, 3.8) is 0 Å². The number of ether oxygens (including phenoxy) is 2. The van der Waals surface area contributed by atoms with Crippen LogP contribution < -0.4 is 4.74 Å². The van der Waals surface area contributed by atoms with Gasteiger partial charge in [-0.25, -0.2) is 0 Å². The monoisotopic (exact) mass is 248 g/mol. The summed E-state index contributed by atoms with van der Waals surface area (Å²) in [5, 5.41) is 0. The highest BCUT2D eigenvalue weighted by atomic mass is 16.5. The molecule has 1 aromatic carbocycles. The van der Waals surface area contributed by atoms with Crippen LogP contribution in [-0.2, 0) is 4.74 Å². The Hall–Kier alpha value is -1.28. The first-order valence-electron chi connectivity index (χ1n) is 6.80. The first kappa shape index (κ1) is 14.8. The zero-order valence-electron chi connectivity index (χ0n) is 11.4. The number of rotatable bonds is 10. The standard InChI is InChI=1S/C16H24O2/c1-3-5-6-7-11-17-12-13-18-16-10-8-9-15(4-2)14-16/h4,8-10,14H,2-3,5-7,11-13H2,1H3. The molecule has 0 aliphatic rings. The highest BCUT2D eigenvalue weighted by molar-refractivity contribution is 5.49. The maximum atomic E-state index is 5.60. The summed E-state index contributed by atoms with van der Waals surface area (Å²) in [4.78, 5) is 0. The van der Waals surface area contributed by atoms with E-state index in [4.69, 9.17) is 9.47 Å². The predicted octanol–water partition coefficient (Wildman–Crippen LogP) is 4.31. The Balaban J connectivity index is 2.05. The van der Waals surface area contributed by atoms with Crippen molar-refractivity contribution >= 4 is 6.08 Å². The Kier molecular flexibility index (Phi) is 7.98. The molecular formula is C16H24O2. The zero-order valence-corrected chi connectivity index (χ0v) is 11.4. The zero-order chi connectivity index (χ0) is 13.1. The van der Waals surface area contributed by atoms with Gasteiger partial charge < -0.3 is 9.47 Å². The molecule has 0 spiro atoms. The molecule has 0 radical (unpaired) electrons. The smallest absolute Gasteiger partial charge is 0.120 e. The number of unbranched alkanes of at least 4 members (excludes halogenated alkanes) is 3. The van der Waals surface area contributed by atoms with E-state index in [1.54, 1.807) is 0 Å². The Morgan fingerprint density at radius 2 is 2.00 bits per heavy atom. The van der Waals surface area contributed by atoms with Crippen LogP contribution in [0.15, 0.2) is 30.8 Å². The van der Waals surface area contributed by atoms with Crippen molar-refractivity contribution in [1.29, 1.82) is 0 Å². The van der Waals surface area contributed by atoms with Gasteiger partial charge in [0.2, 0.25) is 0 Å². The summed E-state index contributed by atoms with van der Waals surface area (Å²) in [6.45, 7) is 8.06. The molecule has 0 fully saturated rings. The van der Waals surface area contributed by atoms with Gasteiger partial charge in [-0.15, -0.1) is 0 Å². The van der Waals surface area contributed by atoms with Crippen molar-refractivity contribution < 1.29 is 9.47 Å². The largest absolute Gasteiger partial charge is 0.491 e. The van der Waals surface area contributed by atoms with Crippen molar-refractivity contribution in [3.8, 4) is 5.75 Å². The molecule has 1 aromatic rings. The normalized spacial score (nSPS) is 10.3. The second-order valence-corrected chi connectivity index (χ2v) is 4.30. The molecule has 0 saturated carbocycles. The van der Waals surface area contributed by atoms with E-state index in [2.05, 4.69) is 13.5 Å². The van der Waals surface area contributed by atoms with Crippen molar-refractivity contribution in [2.24, 2.45) is 0 Å². The second-order valence-electron chi connectivity index (χ2n) is 4.30. The lowest BCUT2D eigenvalue weighted by atomic mass is 10.2. The van der Waals surface area contributed by atoms with Gasteiger partial charge in [0.15, 0.2) is 0 Å². The average molecular weight is 248 g/mol. The molecular weight excluding hydrogens is 224 g/mol. The molecule has 0 aromatic heterocycles. The van der Waals surface area contributed by atoms with E-state index in [0.29, 0.717) is 13.2 Å². The van der Waals surface area contributed by atoms with E-state index in [1.165, 1.54) is 19.3 Å². The van der Waals surface area contributed by atoms with Crippen LogP contribution in [-0.4, -0.2) is 19.8 Å². The van der Waals surface area contributed by atoms with Crippen molar-refractivity contribution in [2.45, 2.75) is 32.6 Å². The van der Waals surface area contributed by atoms with Crippen LogP contribution in [0.5, 0.6) is 5.75 Å². The first-order valence-corrected chi connectivity index (χ1v) is 6.80. The van der Waals surface area contributed by atoms with E-state index in [-0.39, 0.29) is 0 Å². The third-order valence-electron chi connectivity index (χ3n) is 2.73. The average Bonchev–Trinajstić information content (AvgIpc) is 2.42. The minimum atomic E-state index is 0.606. The van der Waals surface area contributed by atoms with Crippen molar-refractivity contribution in [1.82, 2.24) is 0 Å². The van der Waals surface area contributed by atoms with Crippen LogP contribution in [0.25, 0.3) is 6.08 Å². The molecule has 0 unspecified atom stereocenters. The summed E-state index contributed by atoms with van der Waals surface area (Å²) < 4.78 is 11.1. The molecule has 0 saturated heterocycles. The van der Waals surface area contributed by atoms with Gasteiger partial charge in [-0.2, -0.15) is 0 Å². The second kappa shape index (κ2) is 9.72. The van der Waals surface area contributed by atoms with Gasteiger partial charge in [0.25, 0.3) is 0 Å². The Morgan fingerprint density at radius 1 is 1.11 bits per heavy atom. The maximum Gasteiger partial charge on any atom is 0.120 e. The SMILES string of the molecule is C=Cc1cccc(OCCOCCCCCC)c1. The molecule has 2 nitrogen and oxygen atoms in total. The fraction of sp³-hybridized carbons (Fsp3) is 0.500. The van der Waals surface area contributed by atoms with E-state index in [0.717, 1.165) is 24.3 Å².